The fourth-order valence-electron chi connectivity index (χ4n) is 6.36. The second kappa shape index (κ2) is 4.92. The minimum Gasteiger partial charge on any atom is -0.385 e. The first-order chi connectivity index (χ1) is 11.2. The molecule has 0 unspecified atom stereocenters. The number of hydrogen-bond donors (Lipinski definition) is 2. The van der Waals surface area contributed by atoms with E-state index in [1.807, 2.05) is 12.2 Å². The summed E-state index contributed by atoms with van der Waals surface area (Å²) in [5.41, 5.74) is -0.315. The van der Waals surface area contributed by atoms with Gasteiger partial charge in [0.1, 0.15) is 5.60 Å². The van der Waals surface area contributed by atoms with Crippen molar-refractivity contribution in [1.82, 2.24) is 0 Å². The zero-order valence-corrected chi connectivity index (χ0v) is 14.8. The van der Waals surface area contributed by atoms with Crippen molar-refractivity contribution in [3.63, 3.8) is 0 Å². The Morgan fingerprint density at radius 2 is 1.88 bits per heavy atom. The van der Waals surface area contributed by atoms with Gasteiger partial charge in [0.2, 0.25) is 0 Å². The topological polar surface area (TPSA) is 57.5 Å². The third-order valence-corrected chi connectivity index (χ3v) is 7.95. The Morgan fingerprint density at radius 1 is 1.17 bits per heavy atom. The number of Topliss-reactive ketones (excluding diaryl/α,β-unsaturated/α-hetero) is 1. The third kappa shape index (κ3) is 1.83. The van der Waals surface area contributed by atoms with Crippen LogP contribution in [0.3, 0.4) is 0 Å². The summed E-state index contributed by atoms with van der Waals surface area (Å²) in [6.07, 6.45) is 13.4. The van der Waals surface area contributed by atoms with Crippen LogP contribution in [0.4, 0.5) is 0 Å². The van der Waals surface area contributed by atoms with E-state index in [0.717, 1.165) is 19.3 Å². The summed E-state index contributed by atoms with van der Waals surface area (Å²) in [5.74, 6) is 1.14. The lowest BCUT2D eigenvalue weighted by molar-refractivity contribution is -0.155. The van der Waals surface area contributed by atoms with E-state index in [1.165, 1.54) is 5.57 Å². The molecule has 4 aliphatic rings. The number of allylic oxidation sites excluding steroid dienone is 4. The van der Waals surface area contributed by atoms with Crippen molar-refractivity contribution >= 4 is 5.78 Å². The Balaban J connectivity index is 1.75. The second-order valence-electron chi connectivity index (χ2n) is 8.82. The SMILES string of the molecule is CC(=O)[C@@]1(O)CC[C@H]2[C@@H]3C=CC4=C[C@H](O)C=C[C@]4(C)[C@H]3CC[C@@]21C. The fraction of sp³-hybridized carbons (Fsp3) is 0.667. The number of hydrogen-bond acceptors (Lipinski definition) is 3. The lowest BCUT2D eigenvalue weighted by Crippen LogP contribution is -2.56. The molecule has 0 amide bonds. The summed E-state index contributed by atoms with van der Waals surface area (Å²) in [5, 5.41) is 21.0. The van der Waals surface area contributed by atoms with Crippen LogP contribution in [0.25, 0.3) is 0 Å². The Morgan fingerprint density at radius 3 is 2.58 bits per heavy atom. The molecule has 2 N–H and O–H groups in total. The third-order valence-electron chi connectivity index (χ3n) is 7.95. The van der Waals surface area contributed by atoms with Gasteiger partial charge in [0, 0.05) is 10.8 Å². The lowest BCUT2D eigenvalue weighted by Gasteiger charge is -2.56. The largest absolute Gasteiger partial charge is 0.385 e. The van der Waals surface area contributed by atoms with E-state index in [1.54, 1.807) is 6.92 Å². The highest BCUT2D eigenvalue weighted by atomic mass is 16.3. The summed E-state index contributed by atoms with van der Waals surface area (Å²) >= 11 is 0. The molecular formula is C21H28O3. The quantitative estimate of drug-likeness (QED) is 0.727. The second-order valence-corrected chi connectivity index (χ2v) is 8.82. The van der Waals surface area contributed by atoms with Gasteiger partial charge in [0.15, 0.2) is 5.78 Å². The summed E-state index contributed by atoms with van der Waals surface area (Å²) in [6, 6.07) is 0. The Labute approximate surface area is 144 Å². The van der Waals surface area contributed by atoms with Gasteiger partial charge in [-0.25, -0.2) is 0 Å². The van der Waals surface area contributed by atoms with Crippen molar-refractivity contribution in [3.8, 4) is 0 Å². The Hall–Kier alpha value is -1.19. The molecule has 7 atom stereocenters. The molecule has 0 aromatic heterocycles. The molecule has 130 valence electrons. The molecule has 0 bridgehead atoms. The van der Waals surface area contributed by atoms with Crippen molar-refractivity contribution in [1.29, 1.82) is 0 Å². The number of fused-ring (bicyclic) bond motifs is 5. The van der Waals surface area contributed by atoms with E-state index < -0.39 is 11.7 Å². The highest BCUT2D eigenvalue weighted by molar-refractivity contribution is 5.86. The summed E-state index contributed by atoms with van der Waals surface area (Å²) in [7, 11) is 0. The highest BCUT2D eigenvalue weighted by Crippen LogP contribution is 2.65. The number of aliphatic hydroxyl groups is 2. The van der Waals surface area contributed by atoms with Gasteiger partial charge in [-0.3, -0.25) is 4.79 Å². The van der Waals surface area contributed by atoms with E-state index in [4.69, 9.17) is 0 Å². The van der Waals surface area contributed by atoms with E-state index >= 15 is 0 Å². The van der Waals surface area contributed by atoms with Crippen LogP contribution in [-0.4, -0.2) is 27.7 Å². The maximum absolute atomic E-state index is 12.2. The highest BCUT2D eigenvalue weighted by Gasteiger charge is 2.64. The molecule has 0 aromatic carbocycles. The van der Waals surface area contributed by atoms with Gasteiger partial charge < -0.3 is 10.2 Å². The van der Waals surface area contributed by atoms with Crippen molar-refractivity contribution in [2.45, 2.75) is 58.2 Å². The molecule has 2 fully saturated rings. The average Bonchev–Trinajstić information content (AvgIpc) is 2.81. The van der Waals surface area contributed by atoms with Gasteiger partial charge in [-0.05, 0) is 62.0 Å². The monoisotopic (exact) mass is 328 g/mol. The first kappa shape index (κ1) is 16.3. The van der Waals surface area contributed by atoms with Crippen molar-refractivity contribution in [3.05, 3.63) is 36.0 Å². The molecule has 0 spiro atoms. The van der Waals surface area contributed by atoms with E-state index in [-0.39, 0.29) is 16.6 Å². The normalized spacial score (nSPS) is 52.3. The molecule has 0 saturated heterocycles. The van der Waals surface area contributed by atoms with Crippen LogP contribution in [0.5, 0.6) is 0 Å². The number of aliphatic hydroxyl groups excluding tert-OH is 1. The number of carbonyl (C=O) groups excluding carboxylic acids is 1. The van der Waals surface area contributed by atoms with Gasteiger partial charge in [-0.2, -0.15) is 0 Å². The van der Waals surface area contributed by atoms with Crippen molar-refractivity contribution < 1.29 is 15.0 Å². The molecule has 2 saturated carbocycles. The Kier molecular flexibility index (Phi) is 3.34. The maximum atomic E-state index is 12.2. The van der Waals surface area contributed by atoms with Crippen molar-refractivity contribution in [2.24, 2.45) is 28.6 Å². The molecule has 3 heteroatoms. The van der Waals surface area contributed by atoms with Crippen LogP contribution < -0.4 is 0 Å². The standard InChI is InChI=1S/C21H28O3/c1-13(22)21(24)11-8-18-16-5-4-14-12-15(23)6-9-19(14,2)17(16)7-10-20(18,21)3/h4-6,9,12,15-18,23-24H,7-8,10-11H2,1-3H3/t15-,16-,17+,18+,19+,20+,21+/m1/s1. The van der Waals surface area contributed by atoms with Gasteiger partial charge >= 0.3 is 0 Å². The first-order valence-corrected chi connectivity index (χ1v) is 9.24. The summed E-state index contributed by atoms with van der Waals surface area (Å²) in [6.45, 7) is 5.95. The maximum Gasteiger partial charge on any atom is 0.161 e. The predicted molar refractivity (Wildman–Crippen MR) is 93.2 cm³/mol. The molecule has 4 aliphatic carbocycles. The van der Waals surface area contributed by atoms with Gasteiger partial charge in [0.25, 0.3) is 0 Å². The van der Waals surface area contributed by atoms with Gasteiger partial charge in [0.05, 0.1) is 6.10 Å². The summed E-state index contributed by atoms with van der Waals surface area (Å²) in [4.78, 5) is 12.2. The van der Waals surface area contributed by atoms with Crippen LogP contribution in [0.1, 0.15) is 46.5 Å². The first-order valence-electron chi connectivity index (χ1n) is 9.24. The molecule has 24 heavy (non-hydrogen) atoms. The molecule has 4 rings (SSSR count). The van der Waals surface area contributed by atoms with Crippen LogP contribution in [0, 0.1) is 28.6 Å². The van der Waals surface area contributed by atoms with Crippen LogP contribution in [0.2, 0.25) is 0 Å². The van der Waals surface area contributed by atoms with E-state index in [2.05, 4.69) is 32.1 Å². The lowest BCUT2D eigenvalue weighted by atomic mass is 9.49. The molecular weight excluding hydrogens is 300 g/mol. The molecule has 0 aromatic rings. The minimum absolute atomic E-state index is 0.0447. The van der Waals surface area contributed by atoms with E-state index in [0.29, 0.717) is 24.2 Å². The average molecular weight is 328 g/mol. The fourth-order valence-corrected chi connectivity index (χ4v) is 6.36. The number of carbonyl (C=O) groups is 1. The number of rotatable bonds is 1. The smallest absolute Gasteiger partial charge is 0.161 e. The molecule has 0 radical (unpaired) electrons. The number of ketones is 1. The predicted octanol–water partition coefficient (Wildman–Crippen LogP) is 3.18. The minimum atomic E-state index is -1.16. The molecule has 3 nitrogen and oxygen atoms in total. The van der Waals surface area contributed by atoms with Crippen LogP contribution in [0.15, 0.2) is 36.0 Å². The summed E-state index contributed by atoms with van der Waals surface area (Å²) < 4.78 is 0. The van der Waals surface area contributed by atoms with Gasteiger partial charge in [-0.1, -0.05) is 38.2 Å². The van der Waals surface area contributed by atoms with Crippen LogP contribution in [-0.2, 0) is 4.79 Å². The van der Waals surface area contributed by atoms with E-state index in [9.17, 15) is 15.0 Å². The molecule has 0 heterocycles. The zero-order chi connectivity index (χ0) is 17.3. The molecule has 0 aliphatic heterocycles. The van der Waals surface area contributed by atoms with Crippen molar-refractivity contribution in [2.75, 3.05) is 0 Å². The van der Waals surface area contributed by atoms with Crippen LogP contribution >= 0.6 is 0 Å². The van der Waals surface area contributed by atoms with Gasteiger partial charge in [-0.15, -0.1) is 0 Å². The zero-order valence-electron chi connectivity index (χ0n) is 14.8. The Bertz CT molecular complexity index is 675.